The van der Waals surface area contributed by atoms with Gasteiger partial charge in [-0.15, -0.1) is 0 Å². The minimum Gasteiger partial charge on any atom is -0.374 e. The molecule has 0 unspecified atom stereocenters. The van der Waals surface area contributed by atoms with E-state index in [1.54, 1.807) is 24.3 Å². The van der Waals surface area contributed by atoms with Crippen LogP contribution in [0.1, 0.15) is 0 Å². The summed E-state index contributed by atoms with van der Waals surface area (Å²) < 4.78 is 26.3. The number of anilines is 2. The van der Waals surface area contributed by atoms with Gasteiger partial charge in [-0.05, 0) is 24.3 Å². The SMILES string of the molecule is O=C(CNc1cccc(F)c1F)Nc1ccccc1Cl. The Hall–Kier alpha value is -2.14. The number of halogens is 3. The van der Waals surface area contributed by atoms with Gasteiger partial charge in [0.1, 0.15) is 0 Å². The molecule has 0 heterocycles. The first-order valence-electron chi connectivity index (χ1n) is 5.80. The number of carbonyl (C=O) groups excluding carboxylic acids is 1. The molecule has 2 N–H and O–H groups in total. The van der Waals surface area contributed by atoms with Crippen LogP contribution < -0.4 is 10.6 Å². The molecule has 2 rings (SSSR count). The van der Waals surface area contributed by atoms with Gasteiger partial charge in [0.05, 0.1) is 22.9 Å². The highest BCUT2D eigenvalue weighted by Crippen LogP contribution is 2.20. The highest BCUT2D eigenvalue weighted by Gasteiger charge is 2.09. The number of para-hydroxylation sites is 1. The predicted molar refractivity (Wildman–Crippen MR) is 74.9 cm³/mol. The number of hydrogen-bond donors (Lipinski definition) is 2. The van der Waals surface area contributed by atoms with Crippen LogP contribution in [0.5, 0.6) is 0 Å². The molecule has 0 radical (unpaired) electrons. The van der Waals surface area contributed by atoms with Crippen molar-refractivity contribution in [3.05, 3.63) is 59.1 Å². The van der Waals surface area contributed by atoms with Gasteiger partial charge in [0.25, 0.3) is 0 Å². The summed E-state index contributed by atoms with van der Waals surface area (Å²) in [7, 11) is 0. The Morgan fingerprint density at radius 1 is 1.05 bits per heavy atom. The van der Waals surface area contributed by atoms with Crippen molar-refractivity contribution in [1.29, 1.82) is 0 Å². The van der Waals surface area contributed by atoms with E-state index in [4.69, 9.17) is 11.6 Å². The van der Waals surface area contributed by atoms with Gasteiger partial charge < -0.3 is 10.6 Å². The molecule has 0 bridgehead atoms. The second kappa shape index (κ2) is 6.34. The van der Waals surface area contributed by atoms with Crippen LogP contribution in [0.25, 0.3) is 0 Å². The maximum absolute atomic E-state index is 13.4. The van der Waals surface area contributed by atoms with E-state index < -0.39 is 17.5 Å². The third-order valence-corrected chi connectivity index (χ3v) is 2.87. The summed E-state index contributed by atoms with van der Waals surface area (Å²) in [5.41, 5.74) is 0.389. The van der Waals surface area contributed by atoms with Crippen molar-refractivity contribution in [2.45, 2.75) is 0 Å². The maximum Gasteiger partial charge on any atom is 0.243 e. The minimum atomic E-state index is -1.02. The fraction of sp³-hybridized carbons (Fsp3) is 0.0714. The van der Waals surface area contributed by atoms with Crippen molar-refractivity contribution in [3.63, 3.8) is 0 Å². The fourth-order valence-corrected chi connectivity index (χ4v) is 1.76. The average molecular weight is 297 g/mol. The van der Waals surface area contributed by atoms with Crippen molar-refractivity contribution in [2.75, 3.05) is 17.2 Å². The van der Waals surface area contributed by atoms with Crippen molar-refractivity contribution >= 4 is 28.9 Å². The van der Waals surface area contributed by atoms with Crippen molar-refractivity contribution in [2.24, 2.45) is 0 Å². The molecule has 0 aliphatic carbocycles. The lowest BCUT2D eigenvalue weighted by Crippen LogP contribution is -2.22. The Bertz CT molecular complexity index is 634. The smallest absolute Gasteiger partial charge is 0.243 e. The summed E-state index contributed by atoms with van der Waals surface area (Å²) in [6.07, 6.45) is 0. The summed E-state index contributed by atoms with van der Waals surface area (Å²) >= 11 is 5.89. The number of hydrogen-bond acceptors (Lipinski definition) is 2. The normalized spacial score (nSPS) is 10.2. The zero-order valence-electron chi connectivity index (χ0n) is 10.3. The van der Waals surface area contributed by atoms with Gasteiger partial charge in [0.2, 0.25) is 5.91 Å². The Labute approximate surface area is 119 Å². The second-order valence-corrected chi connectivity index (χ2v) is 4.39. The molecule has 0 aromatic heterocycles. The van der Waals surface area contributed by atoms with Gasteiger partial charge in [0.15, 0.2) is 11.6 Å². The van der Waals surface area contributed by atoms with Crippen LogP contribution in [0.2, 0.25) is 5.02 Å². The van der Waals surface area contributed by atoms with E-state index >= 15 is 0 Å². The number of nitrogens with one attached hydrogen (secondary N) is 2. The standard InChI is InChI=1S/C14H11ClF2N2O/c15-9-4-1-2-6-11(9)19-13(20)8-18-12-7-3-5-10(16)14(12)17/h1-7,18H,8H2,(H,19,20). The highest BCUT2D eigenvalue weighted by molar-refractivity contribution is 6.33. The first-order chi connectivity index (χ1) is 9.58. The van der Waals surface area contributed by atoms with Gasteiger partial charge in [-0.2, -0.15) is 0 Å². The molecule has 0 spiro atoms. The monoisotopic (exact) mass is 296 g/mol. The molecular formula is C14H11ClF2N2O. The molecule has 6 heteroatoms. The van der Waals surface area contributed by atoms with Crippen LogP contribution in [0, 0.1) is 11.6 Å². The first-order valence-corrected chi connectivity index (χ1v) is 6.18. The molecule has 1 amide bonds. The van der Waals surface area contributed by atoms with Crippen molar-refractivity contribution < 1.29 is 13.6 Å². The Kier molecular flexibility index (Phi) is 4.53. The number of rotatable bonds is 4. The van der Waals surface area contributed by atoms with Crippen LogP contribution >= 0.6 is 11.6 Å². The lowest BCUT2D eigenvalue weighted by atomic mass is 10.3. The second-order valence-electron chi connectivity index (χ2n) is 3.98. The molecule has 0 fully saturated rings. The molecule has 0 saturated carbocycles. The molecule has 20 heavy (non-hydrogen) atoms. The van der Waals surface area contributed by atoms with E-state index in [1.807, 2.05) is 0 Å². The summed E-state index contributed by atoms with van der Waals surface area (Å²) in [5.74, 6) is -2.40. The Balaban J connectivity index is 1.96. The largest absolute Gasteiger partial charge is 0.374 e. The highest BCUT2D eigenvalue weighted by atomic mass is 35.5. The van der Waals surface area contributed by atoms with E-state index in [9.17, 15) is 13.6 Å². The van der Waals surface area contributed by atoms with E-state index in [1.165, 1.54) is 12.1 Å². The molecule has 0 saturated heterocycles. The van der Waals surface area contributed by atoms with E-state index in [-0.39, 0.29) is 12.2 Å². The minimum absolute atomic E-state index is 0.0701. The third kappa shape index (κ3) is 3.45. The molecule has 2 aromatic carbocycles. The number of amides is 1. The van der Waals surface area contributed by atoms with E-state index in [0.29, 0.717) is 10.7 Å². The fourth-order valence-electron chi connectivity index (χ4n) is 1.57. The van der Waals surface area contributed by atoms with Crippen molar-refractivity contribution in [1.82, 2.24) is 0 Å². The molecule has 2 aromatic rings. The van der Waals surface area contributed by atoms with E-state index in [2.05, 4.69) is 10.6 Å². The third-order valence-electron chi connectivity index (χ3n) is 2.54. The van der Waals surface area contributed by atoms with Gasteiger partial charge in [-0.1, -0.05) is 29.8 Å². The van der Waals surface area contributed by atoms with Crippen LogP contribution in [0.3, 0.4) is 0 Å². The molecule has 0 aliphatic heterocycles. The predicted octanol–water partition coefficient (Wildman–Crippen LogP) is 3.67. The van der Waals surface area contributed by atoms with Crippen LogP contribution in [0.15, 0.2) is 42.5 Å². The lowest BCUT2D eigenvalue weighted by Gasteiger charge is -2.09. The molecular weight excluding hydrogens is 286 g/mol. The topological polar surface area (TPSA) is 41.1 Å². The quantitative estimate of drug-likeness (QED) is 0.904. The van der Waals surface area contributed by atoms with Crippen LogP contribution in [0.4, 0.5) is 20.2 Å². The summed E-state index contributed by atoms with van der Waals surface area (Å²) in [6.45, 7) is -0.203. The summed E-state index contributed by atoms with van der Waals surface area (Å²) in [4.78, 5) is 11.7. The van der Waals surface area contributed by atoms with Gasteiger partial charge in [-0.3, -0.25) is 4.79 Å². The Morgan fingerprint density at radius 2 is 1.75 bits per heavy atom. The number of benzene rings is 2. The molecule has 0 aliphatic rings. The first kappa shape index (κ1) is 14.3. The maximum atomic E-state index is 13.4. The lowest BCUT2D eigenvalue weighted by molar-refractivity contribution is -0.114. The summed E-state index contributed by atoms with van der Waals surface area (Å²) in [6, 6.07) is 10.4. The van der Waals surface area contributed by atoms with Crippen LogP contribution in [-0.4, -0.2) is 12.5 Å². The van der Waals surface area contributed by atoms with Crippen molar-refractivity contribution in [3.8, 4) is 0 Å². The van der Waals surface area contributed by atoms with E-state index in [0.717, 1.165) is 6.07 Å². The van der Waals surface area contributed by atoms with Gasteiger partial charge in [0, 0.05) is 0 Å². The zero-order chi connectivity index (χ0) is 14.5. The number of carbonyl (C=O) groups is 1. The van der Waals surface area contributed by atoms with Gasteiger partial charge >= 0.3 is 0 Å². The average Bonchev–Trinajstić information content (AvgIpc) is 2.43. The zero-order valence-corrected chi connectivity index (χ0v) is 11.0. The summed E-state index contributed by atoms with van der Waals surface area (Å²) in [5, 5.41) is 5.49. The molecule has 0 atom stereocenters. The Morgan fingerprint density at radius 3 is 2.50 bits per heavy atom. The van der Waals surface area contributed by atoms with Crippen LogP contribution in [-0.2, 0) is 4.79 Å². The molecule has 104 valence electrons. The molecule has 3 nitrogen and oxygen atoms in total. The van der Waals surface area contributed by atoms with Gasteiger partial charge in [-0.25, -0.2) is 8.78 Å².